The Balaban J connectivity index is 2.33. The molecule has 0 fully saturated rings. The van der Waals surface area contributed by atoms with Crippen LogP contribution in [0.4, 0.5) is 0 Å². The summed E-state index contributed by atoms with van der Waals surface area (Å²) >= 11 is 0. The van der Waals surface area contributed by atoms with Gasteiger partial charge in [-0.05, 0) is 26.6 Å². The predicted octanol–water partition coefficient (Wildman–Crippen LogP) is 1.41. The molecule has 1 aromatic rings. The van der Waals surface area contributed by atoms with Crippen molar-refractivity contribution in [3.8, 4) is 0 Å². The van der Waals surface area contributed by atoms with Crippen LogP contribution in [0.1, 0.15) is 24.5 Å². The highest BCUT2D eigenvalue weighted by Gasteiger charge is 2.11. The van der Waals surface area contributed by atoms with Gasteiger partial charge in [0.15, 0.2) is 0 Å². The fraction of sp³-hybridized carbons (Fsp3) is 0.529. The van der Waals surface area contributed by atoms with Gasteiger partial charge < -0.3 is 15.1 Å². The second kappa shape index (κ2) is 9.20. The summed E-state index contributed by atoms with van der Waals surface area (Å²) in [5.41, 5.74) is 2.28. The van der Waals surface area contributed by atoms with Crippen molar-refractivity contribution in [3.05, 3.63) is 35.4 Å². The Morgan fingerprint density at radius 2 is 1.68 bits per heavy atom. The minimum absolute atomic E-state index is 0.00758. The molecule has 0 spiro atoms. The van der Waals surface area contributed by atoms with Gasteiger partial charge in [0.05, 0.1) is 0 Å². The van der Waals surface area contributed by atoms with Crippen LogP contribution in [0.2, 0.25) is 0 Å². The first-order valence-corrected chi connectivity index (χ1v) is 7.61. The predicted molar refractivity (Wildman–Crippen MR) is 88.5 cm³/mol. The van der Waals surface area contributed by atoms with Gasteiger partial charge in [-0.15, -0.1) is 0 Å². The third-order valence-corrected chi connectivity index (χ3v) is 3.48. The number of rotatable bonds is 8. The molecular weight excluding hydrogens is 278 g/mol. The minimum atomic E-state index is -0.0309. The molecule has 1 aromatic carbocycles. The number of benzene rings is 1. The van der Waals surface area contributed by atoms with Crippen LogP contribution in [0.3, 0.4) is 0 Å². The molecule has 0 radical (unpaired) electrons. The summed E-state index contributed by atoms with van der Waals surface area (Å²) in [7, 11) is 3.93. The van der Waals surface area contributed by atoms with Gasteiger partial charge in [-0.2, -0.15) is 0 Å². The van der Waals surface area contributed by atoms with Gasteiger partial charge in [0, 0.05) is 39.5 Å². The van der Waals surface area contributed by atoms with Gasteiger partial charge in [0.2, 0.25) is 11.8 Å². The number of hydrogen-bond acceptors (Lipinski definition) is 3. The fourth-order valence-corrected chi connectivity index (χ4v) is 1.98. The third kappa shape index (κ3) is 7.22. The van der Waals surface area contributed by atoms with Crippen LogP contribution in [-0.4, -0.2) is 55.3 Å². The molecule has 0 heterocycles. The maximum Gasteiger partial charge on any atom is 0.222 e. The summed E-state index contributed by atoms with van der Waals surface area (Å²) in [6.45, 7) is 6.00. The van der Waals surface area contributed by atoms with Gasteiger partial charge in [0.1, 0.15) is 0 Å². The van der Waals surface area contributed by atoms with Gasteiger partial charge in [-0.3, -0.25) is 9.59 Å². The zero-order chi connectivity index (χ0) is 16.5. The van der Waals surface area contributed by atoms with Gasteiger partial charge >= 0.3 is 0 Å². The van der Waals surface area contributed by atoms with Crippen molar-refractivity contribution in [1.82, 2.24) is 15.1 Å². The summed E-state index contributed by atoms with van der Waals surface area (Å²) in [5, 5.41) is 2.89. The average Bonchev–Trinajstić information content (AvgIpc) is 2.46. The lowest BCUT2D eigenvalue weighted by molar-refractivity contribution is -0.129. The van der Waals surface area contributed by atoms with Crippen molar-refractivity contribution in [1.29, 1.82) is 0 Å². The molecule has 0 unspecified atom stereocenters. The van der Waals surface area contributed by atoms with E-state index in [4.69, 9.17) is 0 Å². The first-order valence-electron chi connectivity index (χ1n) is 7.61. The van der Waals surface area contributed by atoms with Crippen LogP contribution in [0.5, 0.6) is 0 Å². The van der Waals surface area contributed by atoms with Crippen LogP contribution >= 0.6 is 0 Å². The van der Waals surface area contributed by atoms with Crippen LogP contribution in [0, 0.1) is 6.92 Å². The van der Waals surface area contributed by atoms with Gasteiger partial charge in [-0.25, -0.2) is 0 Å². The van der Waals surface area contributed by atoms with E-state index in [0.29, 0.717) is 26.1 Å². The lowest BCUT2D eigenvalue weighted by Crippen LogP contribution is -2.38. The van der Waals surface area contributed by atoms with E-state index in [9.17, 15) is 9.59 Å². The normalized spacial score (nSPS) is 10.6. The lowest BCUT2D eigenvalue weighted by Gasteiger charge is -2.22. The second-order valence-electron chi connectivity index (χ2n) is 5.82. The number of hydrogen-bond donors (Lipinski definition) is 1. The molecule has 1 rings (SSSR count). The first kappa shape index (κ1) is 18.2. The second-order valence-corrected chi connectivity index (χ2v) is 5.82. The number of carbonyl (C=O) groups excluding carboxylic acids is 2. The summed E-state index contributed by atoms with van der Waals surface area (Å²) in [5.74, 6) is -0.0233. The largest absolute Gasteiger partial charge is 0.352 e. The molecule has 0 aromatic heterocycles. The topological polar surface area (TPSA) is 52.7 Å². The molecule has 0 bridgehead atoms. The number of likely N-dealkylation sites (N-methyl/N-ethyl adjacent to an activating group) is 1. The Morgan fingerprint density at radius 1 is 1.05 bits per heavy atom. The van der Waals surface area contributed by atoms with E-state index in [2.05, 4.69) is 5.32 Å². The van der Waals surface area contributed by atoms with Crippen molar-refractivity contribution in [2.24, 2.45) is 0 Å². The molecule has 122 valence electrons. The molecule has 0 aliphatic heterocycles. The molecule has 0 saturated carbocycles. The van der Waals surface area contributed by atoms with Gasteiger partial charge in [0.25, 0.3) is 0 Å². The van der Waals surface area contributed by atoms with Gasteiger partial charge in [-0.1, -0.05) is 29.8 Å². The van der Waals surface area contributed by atoms with E-state index < -0.39 is 0 Å². The molecule has 5 heteroatoms. The average molecular weight is 305 g/mol. The van der Waals surface area contributed by atoms with Crippen molar-refractivity contribution >= 4 is 11.8 Å². The molecule has 2 amide bonds. The van der Waals surface area contributed by atoms with Crippen molar-refractivity contribution in [2.45, 2.75) is 26.8 Å². The summed E-state index contributed by atoms with van der Waals surface area (Å²) < 4.78 is 0. The molecule has 0 atom stereocenters. The third-order valence-electron chi connectivity index (χ3n) is 3.48. The molecule has 22 heavy (non-hydrogen) atoms. The Morgan fingerprint density at radius 3 is 2.23 bits per heavy atom. The summed E-state index contributed by atoms with van der Waals surface area (Å²) in [6.07, 6.45) is 0.332. The summed E-state index contributed by atoms with van der Waals surface area (Å²) in [4.78, 5) is 27.2. The number of carbonyl (C=O) groups is 2. The Kier molecular flexibility index (Phi) is 7.60. The molecule has 0 saturated heterocycles. The van der Waals surface area contributed by atoms with E-state index in [0.717, 1.165) is 12.1 Å². The van der Waals surface area contributed by atoms with E-state index in [-0.39, 0.29) is 11.8 Å². The maximum atomic E-state index is 11.9. The highest BCUT2D eigenvalue weighted by molar-refractivity contribution is 5.78. The van der Waals surface area contributed by atoms with Crippen LogP contribution in [0.15, 0.2) is 24.3 Å². The van der Waals surface area contributed by atoms with Crippen LogP contribution in [-0.2, 0) is 16.1 Å². The highest BCUT2D eigenvalue weighted by atomic mass is 16.2. The monoisotopic (exact) mass is 305 g/mol. The van der Waals surface area contributed by atoms with Crippen LogP contribution in [0.25, 0.3) is 0 Å². The summed E-state index contributed by atoms with van der Waals surface area (Å²) in [6, 6.07) is 8.07. The zero-order valence-electron chi connectivity index (χ0n) is 14.1. The van der Waals surface area contributed by atoms with E-state index in [1.807, 2.05) is 50.2 Å². The van der Waals surface area contributed by atoms with Crippen LogP contribution < -0.4 is 5.32 Å². The minimum Gasteiger partial charge on any atom is -0.352 e. The van der Waals surface area contributed by atoms with E-state index in [1.54, 1.807) is 11.8 Å². The number of aryl methyl sites for hydroxylation is 1. The molecule has 0 aliphatic carbocycles. The molecular formula is C17H27N3O2. The highest BCUT2D eigenvalue weighted by Crippen LogP contribution is 2.02. The molecule has 5 nitrogen and oxygen atoms in total. The van der Waals surface area contributed by atoms with Crippen molar-refractivity contribution in [3.63, 3.8) is 0 Å². The lowest BCUT2D eigenvalue weighted by atomic mass is 10.1. The fourth-order valence-electron chi connectivity index (χ4n) is 1.98. The Hall–Kier alpha value is -1.88. The number of nitrogens with zero attached hydrogens (tertiary/aromatic N) is 2. The van der Waals surface area contributed by atoms with E-state index >= 15 is 0 Å². The maximum absolute atomic E-state index is 11.9. The van der Waals surface area contributed by atoms with Crippen molar-refractivity contribution in [2.75, 3.05) is 33.7 Å². The zero-order valence-corrected chi connectivity index (χ0v) is 14.1. The Labute approximate surface area is 133 Å². The SMILES string of the molecule is CC(=O)N(CCC(=O)NCc1ccc(C)cc1)CCN(C)C. The smallest absolute Gasteiger partial charge is 0.222 e. The van der Waals surface area contributed by atoms with E-state index in [1.165, 1.54) is 5.56 Å². The van der Waals surface area contributed by atoms with Crippen molar-refractivity contribution < 1.29 is 9.59 Å². The first-order chi connectivity index (χ1) is 10.4. The number of nitrogens with one attached hydrogen (secondary N) is 1. The Bertz CT molecular complexity index is 483. The number of amides is 2. The molecule has 1 N–H and O–H groups in total. The molecule has 0 aliphatic rings. The quantitative estimate of drug-likeness (QED) is 0.790. The standard InChI is InChI=1S/C17H27N3O2/c1-14-5-7-16(8-6-14)13-18-17(22)9-10-20(15(2)21)12-11-19(3)4/h5-8H,9-13H2,1-4H3,(H,18,22).